The Balaban J connectivity index is 1.63. The Bertz CT molecular complexity index is 549. The van der Waals surface area contributed by atoms with Crippen LogP contribution in [0.5, 0.6) is 0 Å². The van der Waals surface area contributed by atoms with Crippen molar-refractivity contribution in [2.45, 2.75) is 58.4 Å². The Morgan fingerprint density at radius 3 is 2.73 bits per heavy atom. The molecule has 1 aromatic rings. The molecule has 1 saturated carbocycles. The maximum absolute atomic E-state index is 12.5. The molecule has 3 rings (SSSR count). The van der Waals surface area contributed by atoms with Crippen LogP contribution in [-0.2, 0) is 11.8 Å². The fourth-order valence-corrected chi connectivity index (χ4v) is 4.43. The van der Waals surface area contributed by atoms with Crippen LogP contribution in [0.4, 0.5) is 5.69 Å². The third-order valence-electron chi connectivity index (χ3n) is 5.67. The second-order valence-corrected chi connectivity index (χ2v) is 7.10. The van der Waals surface area contributed by atoms with Gasteiger partial charge in [-0.05, 0) is 46.0 Å². The summed E-state index contributed by atoms with van der Waals surface area (Å²) in [6.07, 6.45) is 8.04. The molecule has 0 bridgehead atoms. The lowest BCUT2D eigenvalue weighted by Gasteiger charge is -2.40. The number of quaternary nitrogens is 1. The molecular formula is C17H29N4O+. The van der Waals surface area contributed by atoms with Crippen molar-refractivity contribution in [1.82, 2.24) is 9.78 Å². The van der Waals surface area contributed by atoms with Gasteiger partial charge in [-0.15, -0.1) is 0 Å². The second kappa shape index (κ2) is 6.41. The number of carbonyl (C=O) groups excluding carboxylic acids is 1. The number of hydrogen-bond donors (Lipinski definition) is 2. The molecule has 2 fully saturated rings. The summed E-state index contributed by atoms with van der Waals surface area (Å²) in [6, 6.07) is 0.712. The topological polar surface area (TPSA) is 51.4 Å². The van der Waals surface area contributed by atoms with E-state index < -0.39 is 0 Å². The zero-order valence-corrected chi connectivity index (χ0v) is 14.1. The van der Waals surface area contributed by atoms with Crippen LogP contribution in [0.15, 0.2) is 0 Å². The first-order chi connectivity index (χ1) is 10.6. The number of hydrogen-bond acceptors (Lipinski definition) is 2. The number of piperidine rings is 1. The van der Waals surface area contributed by atoms with E-state index in [4.69, 9.17) is 0 Å². The van der Waals surface area contributed by atoms with Crippen molar-refractivity contribution in [2.75, 3.05) is 18.4 Å². The highest BCUT2D eigenvalue weighted by molar-refractivity contribution is 5.92. The zero-order valence-electron chi connectivity index (χ0n) is 14.1. The summed E-state index contributed by atoms with van der Waals surface area (Å²) >= 11 is 0. The van der Waals surface area contributed by atoms with E-state index in [9.17, 15) is 4.79 Å². The number of aryl methyl sites for hydroxylation is 2. The smallest absolute Gasteiger partial charge is 0.279 e. The molecule has 5 heteroatoms. The summed E-state index contributed by atoms with van der Waals surface area (Å²) in [4.78, 5) is 14.0. The molecule has 3 atom stereocenters. The summed E-state index contributed by atoms with van der Waals surface area (Å²) in [7, 11) is 1.92. The SMILES string of the molecule is Cc1nn(C)c(C)c1NC(=O)C[NH+]1CCC[C@@H]2CCCC[C@@H]21. The fourth-order valence-electron chi connectivity index (χ4n) is 4.43. The van der Waals surface area contributed by atoms with Crippen LogP contribution < -0.4 is 10.2 Å². The van der Waals surface area contributed by atoms with E-state index in [0.717, 1.165) is 29.5 Å². The predicted molar refractivity (Wildman–Crippen MR) is 87.0 cm³/mol. The Kier molecular flexibility index (Phi) is 4.52. The molecular weight excluding hydrogens is 276 g/mol. The quantitative estimate of drug-likeness (QED) is 0.882. The summed E-state index contributed by atoms with van der Waals surface area (Å²) in [5, 5.41) is 7.47. The van der Waals surface area contributed by atoms with E-state index in [2.05, 4.69) is 10.4 Å². The number of likely N-dealkylation sites (tertiary alicyclic amines) is 1. The van der Waals surface area contributed by atoms with Gasteiger partial charge in [-0.25, -0.2) is 0 Å². The molecule has 1 saturated heterocycles. The van der Waals surface area contributed by atoms with Crippen LogP contribution in [0.25, 0.3) is 0 Å². The molecule has 1 aliphatic carbocycles. The van der Waals surface area contributed by atoms with E-state index in [1.165, 1.54) is 43.4 Å². The Morgan fingerprint density at radius 1 is 1.27 bits per heavy atom. The molecule has 122 valence electrons. The van der Waals surface area contributed by atoms with Crippen molar-refractivity contribution < 1.29 is 9.69 Å². The third kappa shape index (κ3) is 3.05. The lowest BCUT2D eigenvalue weighted by molar-refractivity contribution is -0.928. The number of fused-ring (bicyclic) bond motifs is 1. The van der Waals surface area contributed by atoms with Gasteiger partial charge in [0.05, 0.1) is 29.7 Å². The minimum absolute atomic E-state index is 0.139. The maximum Gasteiger partial charge on any atom is 0.279 e. The van der Waals surface area contributed by atoms with E-state index >= 15 is 0 Å². The van der Waals surface area contributed by atoms with Gasteiger partial charge in [0, 0.05) is 13.0 Å². The van der Waals surface area contributed by atoms with Gasteiger partial charge in [0.1, 0.15) is 0 Å². The summed E-state index contributed by atoms with van der Waals surface area (Å²) in [5.74, 6) is 0.993. The fraction of sp³-hybridized carbons (Fsp3) is 0.765. The molecule has 2 aliphatic rings. The van der Waals surface area contributed by atoms with Crippen LogP contribution in [0.3, 0.4) is 0 Å². The minimum atomic E-state index is 0.139. The number of anilines is 1. The summed E-state index contributed by atoms with van der Waals surface area (Å²) in [5.41, 5.74) is 2.82. The average Bonchev–Trinajstić information content (AvgIpc) is 2.74. The number of nitrogens with zero attached hydrogens (tertiary/aromatic N) is 2. The van der Waals surface area contributed by atoms with Crippen molar-refractivity contribution in [3.05, 3.63) is 11.4 Å². The predicted octanol–water partition coefficient (Wildman–Crippen LogP) is 1.21. The van der Waals surface area contributed by atoms with Crippen molar-refractivity contribution >= 4 is 11.6 Å². The number of carbonyl (C=O) groups is 1. The number of aromatic nitrogens is 2. The average molecular weight is 305 g/mol. The summed E-state index contributed by atoms with van der Waals surface area (Å²) in [6.45, 7) is 5.71. The van der Waals surface area contributed by atoms with Crippen molar-refractivity contribution in [3.8, 4) is 0 Å². The van der Waals surface area contributed by atoms with Crippen LogP contribution in [0.1, 0.15) is 49.9 Å². The first kappa shape index (κ1) is 15.5. The monoisotopic (exact) mass is 305 g/mol. The Morgan fingerprint density at radius 2 is 2.00 bits per heavy atom. The van der Waals surface area contributed by atoms with Gasteiger partial charge in [0.2, 0.25) is 0 Å². The Labute approximate surface area is 133 Å². The van der Waals surface area contributed by atoms with Gasteiger partial charge in [0.25, 0.3) is 5.91 Å². The van der Waals surface area contributed by atoms with Gasteiger partial charge in [-0.2, -0.15) is 5.10 Å². The summed E-state index contributed by atoms with van der Waals surface area (Å²) < 4.78 is 1.83. The Hall–Kier alpha value is -1.36. The first-order valence-electron chi connectivity index (χ1n) is 8.71. The third-order valence-corrected chi connectivity index (χ3v) is 5.67. The van der Waals surface area contributed by atoms with Gasteiger partial charge in [-0.3, -0.25) is 9.48 Å². The highest BCUT2D eigenvalue weighted by Crippen LogP contribution is 2.28. The molecule has 0 spiro atoms. The standard InChI is InChI=1S/C17H28N4O/c1-12-17(13(2)20(3)19-12)18-16(22)11-21-10-6-8-14-7-4-5-9-15(14)21/h14-15H,4-11H2,1-3H3,(H,18,22)/p+1/t14-,15-/m0/s1. The van der Waals surface area contributed by atoms with E-state index in [-0.39, 0.29) is 5.91 Å². The largest absolute Gasteiger partial charge is 0.324 e. The second-order valence-electron chi connectivity index (χ2n) is 7.10. The van der Waals surface area contributed by atoms with Gasteiger partial charge >= 0.3 is 0 Å². The molecule has 2 N–H and O–H groups in total. The molecule has 1 aromatic heterocycles. The molecule has 0 aromatic carbocycles. The van der Waals surface area contributed by atoms with E-state index in [1.807, 2.05) is 25.6 Å². The lowest BCUT2D eigenvalue weighted by Crippen LogP contribution is -3.18. The van der Waals surface area contributed by atoms with Crippen molar-refractivity contribution in [2.24, 2.45) is 13.0 Å². The van der Waals surface area contributed by atoms with Crippen LogP contribution in [-0.4, -0.2) is 34.8 Å². The molecule has 22 heavy (non-hydrogen) atoms. The van der Waals surface area contributed by atoms with Gasteiger partial charge in [0.15, 0.2) is 6.54 Å². The number of nitrogens with one attached hydrogen (secondary N) is 2. The highest BCUT2D eigenvalue weighted by atomic mass is 16.2. The first-order valence-corrected chi connectivity index (χ1v) is 8.71. The number of rotatable bonds is 3. The molecule has 2 heterocycles. The van der Waals surface area contributed by atoms with Crippen LogP contribution in [0.2, 0.25) is 0 Å². The molecule has 1 aliphatic heterocycles. The van der Waals surface area contributed by atoms with Crippen LogP contribution >= 0.6 is 0 Å². The van der Waals surface area contributed by atoms with E-state index in [1.54, 1.807) is 0 Å². The maximum atomic E-state index is 12.5. The van der Waals surface area contributed by atoms with Gasteiger partial charge in [-0.1, -0.05) is 6.42 Å². The van der Waals surface area contributed by atoms with E-state index in [0.29, 0.717) is 12.6 Å². The molecule has 1 amide bonds. The van der Waals surface area contributed by atoms with Crippen molar-refractivity contribution in [3.63, 3.8) is 0 Å². The highest BCUT2D eigenvalue weighted by Gasteiger charge is 2.37. The zero-order chi connectivity index (χ0) is 15.7. The number of amides is 1. The normalized spacial score (nSPS) is 28.2. The van der Waals surface area contributed by atoms with Crippen molar-refractivity contribution in [1.29, 1.82) is 0 Å². The lowest BCUT2D eigenvalue weighted by atomic mass is 9.78. The molecule has 0 radical (unpaired) electrons. The van der Waals surface area contributed by atoms with Gasteiger partial charge < -0.3 is 10.2 Å². The van der Waals surface area contributed by atoms with Crippen LogP contribution in [0, 0.1) is 19.8 Å². The minimum Gasteiger partial charge on any atom is -0.324 e. The molecule has 5 nitrogen and oxygen atoms in total. The molecule has 1 unspecified atom stereocenters.